The predicted molar refractivity (Wildman–Crippen MR) is 68.3 cm³/mol. The zero-order valence-electron chi connectivity index (χ0n) is 10.4. The largest absolute Gasteiger partial charge is 0.318 e. The Morgan fingerprint density at radius 1 is 0.938 bits per heavy atom. The lowest BCUT2D eigenvalue weighted by molar-refractivity contribution is 0.0674. The minimum atomic E-state index is 0.250. The number of fused-ring (bicyclic) bond motifs is 1. The van der Waals surface area contributed by atoms with Crippen LogP contribution in [0.15, 0.2) is 36.5 Å². The molecule has 0 atom stereocenters. The van der Waals surface area contributed by atoms with Crippen LogP contribution in [0.25, 0.3) is 10.9 Å². The van der Waals surface area contributed by atoms with Crippen molar-refractivity contribution >= 4 is 10.9 Å². The van der Waals surface area contributed by atoms with E-state index >= 15 is 0 Å². The molecule has 3 nitrogen and oxygen atoms in total. The summed E-state index contributed by atoms with van der Waals surface area (Å²) >= 11 is 0. The molecule has 2 rings (SSSR count). The molecule has 0 unspecified atom stereocenters. The van der Waals surface area contributed by atoms with Gasteiger partial charge in [-0.2, -0.15) is 0 Å². The molecule has 3 heteroatoms. The minimum Gasteiger partial charge on any atom is -0.318 e. The van der Waals surface area contributed by atoms with Gasteiger partial charge in [-0.1, -0.05) is 18.2 Å². The molecule has 1 aromatic heterocycles. The molecule has 0 aliphatic rings. The number of rotatable bonds is 3. The molecular formula is C13H19N3. The normalized spacial score (nSPS) is 12.2. The Labute approximate surface area is 96.9 Å². The summed E-state index contributed by atoms with van der Waals surface area (Å²) in [5, 5.41) is 1.29. The molecule has 1 heterocycles. The highest BCUT2D eigenvalue weighted by Gasteiger charge is 2.16. The second-order valence-electron chi connectivity index (χ2n) is 4.56. The molecule has 0 amide bonds. The first-order chi connectivity index (χ1) is 7.61. The molecule has 0 aliphatic carbocycles. The Kier molecular flexibility index (Phi) is 2.99. The number of para-hydroxylation sites is 1. The number of hydrogen-bond acceptors (Lipinski definition) is 2. The zero-order chi connectivity index (χ0) is 11.7. The molecule has 0 bridgehead atoms. The molecule has 0 N–H and O–H groups in total. The Bertz CT molecular complexity index is 463. The first-order valence-corrected chi connectivity index (χ1v) is 5.49. The third kappa shape index (κ3) is 1.84. The summed E-state index contributed by atoms with van der Waals surface area (Å²) in [4.78, 5) is 4.40. The average molecular weight is 217 g/mol. The second kappa shape index (κ2) is 4.28. The summed E-state index contributed by atoms with van der Waals surface area (Å²) in [7, 11) is 8.39. The van der Waals surface area contributed by atoms with Crippen LogP contribution in [-0.2, 0) is 0 Å². The average Bonchev–Trinajstić information content (AvgIpc) is 2.61. The van der Waals surface area contributed by atoms with E-state index in [1.165, 1.54) is 10.9 Å². The molecule has 0 aliphatic heterocycles. The molecule has 0 fully saturated rings. The van der Waals surface area contributed by atoms with Gasteiger partial charge in [0.05, 0.1) is 5.52 Å². The van der Waals surface area contributed by atoms with Crippen LogP contribution < -0.4 is 0 Å². The van der Waals surface area contributed by atoms with Gasteiger partial charge in [-0.15, -0.1) is 0 Å². The summed E-state index contributed by atoms with van der Waals surface area (Å²) in [5.41, 5.74) is 1.27. The zero-order valence-corrected chi connectivity index (χ0v) is 10.4. The molecule has 16 heavy (non-hydrogen) atoms. The molecular weight excluding hydrogens is 198 g/mol. The van der Waals surface area contributed by atoms with Gasteiger partial charge in [-0.05, 0) is 45.7 Å². The van der Waals surface area contributed by atoms with E-state index in [-0.39, 0.29) is 6.29 Å². The van der Waals surface area contributed by atoms with Crippen LogP contribution >= 0.6 is 0 Å². The molecule has 2 aromatic rings. The number of benzene rings is 1. The minimum absolute atomic E-state index is 0.250. The van der Waals surface area contributed by atoms with Crippen molar-refractivity contribution in [3.8, 4) is 0 Å². The molecule has 0 spiro atoms. The Morgan fingerprint density at radius 2 is 1.56 bits per heavy atom. The van der Waals surface area contributed by atoms with Crippen molar-refractivity contribution in [3.63, 3.8) is 0 Å². The number of hydrogen-bond donors (Lipinski definition) is 0. The van der Waals surface area contributed by atoms with Gasteiger partial charge in [0.1, 0.15) is 6.29 Å². The van der Waals surface area contributed by atoms with Gasteiger partial charge < -0.3 is 4.57 Å². The third-order valence-corrected chi connectivity index (χ3v) is 2.80. The fourth-order valence-electron chi connectivity index (χ4n) is 2.27. The van der Waals surface area contributed by atoms with Crippen molar-refractivity contribution in [2.24, 2.45) is 0 Å². The van der Waals surface area contributed by atoms with Crippen molar-refractivity contribution < 1.29 is 0 Å². The summed E-state index contributed by atoms with van der Waals surface area (Å²) < 4.78 is 2.29. The van der Waals surface area contributed by atoms with Gasteiger partial charge in [-0.25, -0.2) is 0 Å². The molecule has 0 saturated carbocycles. The van der Waals surface area contributed by atoms with Crippen LogP contribution in [0.1, 0.15) is 6.29 Å². The van der Waals surface area contributed by atoms with E-state index in [1.807, 2.05) is 0 Å². The third-order valence-electron chi connectivity index (χ3n) is 2.80. The fourth-order valence-corrected chi connectivity index (χ4v) is 2.27. The number of aromatic nitrogens is 1. The first kappa shape index (κ1) is 11.2. The van der Waals surface area contributed by atoms with Crippen LogP contribution in [0, 0.1) is 0 Å². The van der Waals surface area contributed by atoms with E-state index in [1.54, 1.807) is 0 Å². The number of nitrogens with zero attached hydrogens (tertiary/aromatic N) is 3. The molecule has 1 aromatic carbocycles. The van der Waals surface area contributed by atoms with Gasteiger partial charge >= 0.3 is 0 Å². The van der Waals surface area contributed by atoms with E-state index in [9.17, 15) is 0 Å². The quantitative estimate of drug-likeness (QED) is 0.730. The summed E-state index contributed by atoms with van der Waals surface area (Å²) in [6, 6.07) is 10.6. The lowest BCUT2D eigenvalue weighted by atomic mass is 10.2. The van der Waals surface area contributed by atoms with Crippen molar-refractivity contribution in [2.45, 2.75) is 6.29 Å². The maximum Gasteiger partial charge on any atom is 0.142 e. The summed E-state index contributed by atoms with van der Waals surface area (Å²) in [6.45, 7) is 0. The molecule has 0 radical (unpaired) electrons. The van der Waals surface area contributed by atoms with E-state index in [4.69, 9.17) is 0 Å². The summed E-state index contributed by atoms with van der Waals surface area (Å²) in [6.07, 6.45) is 2.40. The van der Waals surface area contributed by atoms with E-state index < -0.39 is 0 Å². The van der Waals surface area contributed by atoms with Crippen LogP contribution in [0.5, 0.6) is 0 Å². The highest BCUT2D eigenvalue weighted by atomic mass is 15.4. The Balaban J connectivity index is 2.53. The van der Waals surface area contributed by atoms with E-state index in [0.717, 1.165) is 0 Å². The van der Waals surface area contributed by atoms with Crippen molar-refractivity contribution in [2.75, 3.05) is 28.2 Å². The Hall–Kier alpha value is -1.32. The van der Waals surface area contributed by atoms with Crippen molar-refractivity contribution in [1.82, 2.24) is 14.4 Å². The van der Waals surface area contributed by atoms with Crippen LogP contribution in [-0.4, -0.2) is 42.6 Å². The second-order valence-corrected chi connectivity index (χ2v) is 4.56. The Morgan fingerprint density at radius 3 is 2.19 bits per heavy atom. The standard InChI is InChI=1S/C13H19N3/c1-14(2)13(15(3)4)16-10-9-11-7-5-6-8-12(11)16/h5-10,13H,1-4H3. The first-order valence-electron chi connectivity index (χ1n) is 5.49. The van der Waals surface area contributed by atoms with Crippen LogP contribution in [0.2, 0.25) is 0 Å². The topological polar surface area (TPSA) is 11.4 Å². The van der Waals surface area contributed by atoms with Gasteiger partial charge in [0.15, 0.2) is 0 Å². The smallest absolute Gasteiger partial charge is 0.142 e. The van der Waals surface area contributed by atoms with Crippen LogP contribution in [0.4, 0.5) is 0 Å². The van der Waals surface area contributed by atoms with E-state index in [0.29, 0.717) is 0 Å². The van der Waals surface area contributed by atoms with Crippen LogP contribution in [0.3, 0.4) is 0 Å². The maximum absolute atomic E-state index is 2.29. The lowest BCUT2D eigenvalue weighted by Gasteiger charge is -2.32. The van der Waals surface area contributed by atoms with Gasteiger partial charge in [0.25, 0.3) is 0 Å². The lowest BCUT2D eigenvalue weighted by Crippen LogP contribution is -2.36. The highest BCUT2D eigenvalue weighted by Crippen LogP contribution is 2.22. The SMILES string of the molecule is CN(C)C(N(C)C)n1ccc2ccccc21. The fraction of sp³-hybridized carbons (Fsp3) is 0.385. The highest BCUT2D eigenvalue weighted by molar-refractivity contribution is 5.80. The predicted octanol–water partition coefficient (Wildman–Crippen LogP) is 2.22. The maximum atomic E-state index is 2.29. The molecule has 86 valence electrons. The van der Waals surface area contributed by atoms with Gasteiger partial charge in [0.2, 0.25) is 0 Å². The summed E-state index contributed by atoms with van der Waals surface area (Å²) in [5.74, 6) is 0. The van der Waals surface area contributed by atoms with Gasteiger partial charge in [0, 0.05) is 6.20 Å². The van der Waals surface area contributed by atoms with Crippen molar-refractivity contribution in [3.05, 3.63) is 36.5 Å². The van der Waals surface area contributed by atoms with Crippen molar-refractivity contribution in [1.29, 1.82) is 0 Å². The van der Waals surface area contributed by atoms with Gasteiger partial charge in [-0.3, -0.25) is 9.80 Å². The van der Waals surface area contributed by atoms with E-state index in [2.05, 4.69) is 79.1 Å². The monoisotopic (exact) mass is 217 g/mol. The molecule has 0 saturated heterocycles.